The molecule has 0 spiro atoms. The molecule has 17 heavy (non-hydrogen) atoms. The van der Waals surface area contributed by atoms with Crippen molar-refractivity contribution < 1.29 is 15.0 Å². The van der Waals surface area contributed by atoms with Gasteiger partial charge >= 0.3 is 0 Å². The molecule has 0 aromatic heterocycles. The van der Waals surface area contributed by atoms with Gasteiger partial charge in [0.1, 0.15) is 0 Å². The molecule has 3 N–H and O–H groups in total. The number of rotatable bonds is 7. The zero-order chi connectivity index (χ0) is 12.5. The van der Waals surface area contributed by atoms with E-state index < -0.39 is 0 Å². The van der Waals surface area contributed by atoms with Gasteiger partial charge in [-0.1, -0.05) is 12.1 Å². The third-order valence-corrected chi connectivity index (χ3v) is 2.40. The highest BCUT2D eigenvalue weighted by molar-refractivity contribution is 5.90. The summed E-state index contributed by atoms with van der Waals surface area (Å²) in [6.07, 6.45) is 2.34. The molecule has 1 aromatic rings. The van der Waals surface area contributed by atoms with Crippen molar-refractivity contribution in [1.82, 2.24) is 0 Å². The fourth-order valence-corrected chi connectivity index (χ4v) is 1.55. The van der Waals surface area contributed by atoms with Gasteiger partial charge in [-0.25, -0.2) is 0 Å². The summed E-state index contributed by atoms with van der Waals surface area (Å²) in [6.45, 7) is 0.205. The summed E-state index contributed by atoms with van der Waals surface area (Å²) in [4.78, 5) is 11.4. The monoisotopic (exact) mass is 237 g/mol. The predicted molar refractivity (Wildman–Crippen MR) is 66.8 cm³/mol. The molecule has 1 aromatic carbocycles. The van der Waals surface area contributed by atoms with E-state index in [-0.39, 0.29) is 19.1 Å². The number of aliphatic hydroxyl groups excluding tert-OH is 2. The lowest BCUT2D eigenvalue weighted by Crippen LogP contribution is -2.11. The topological polar surface area (TPSA) is 69.6 Å². The Labute approximate surface area is 101 Å². The molecule has 4 heteroatoms. The quantitative estimate of drug-likeness (QED) is 0.670. The third-order valence-electron chi connectivity index (χ3n) is 2.40. The van der Waals surface area contributed by atoms with Crippen LogP contribution in [0.5, 0.6) is 0 Å². The van der Waals surface area contributed by atoms with E-state index in [1.54, 1.807) is 0 Å². The first-order valence-electron chi connectivity index (χ1n) is 5.87. The summed E-state index contributed by atoms with van der Waals surface area (Å²) in [5.41, 5.74) is 1.86. The summed E-state index contributed by atoms with van der Waals surface area (Å²) in [6, 6.07) is 7.60. The molecule has 1 amide bonds. The number of benzene rings is 1. The van der Waals surface area contributed by atoms with Crippen molar-refractivity contribution in [1.29, 1.82) is 0 Å². The fourth-order valence-electron chi connectivity index (χ4n) is 1.55. The van der Waals surface area contributed by atoms with E-state index in [0.29, 0.717) is 12.8 Å². The van der Waals surface area contributed by atoms with Gasteiger partial charge in [-0.3, -0.25) is 4.79 Å². The van der Waals surface area contributed by atoms with Crippen molar-refractivity contribution in [2.75, 3.05) is 18.5 Å². The molecule has 4 nitrogen and oxygen atoms in total. The zero-order valence-corrected chi connectivity index (χ0v) is 9.85. The zero-order valence-electron chi connectivity index (χ0n) is 9.85. The van der Waals surface area contributed by atoms with Crippen LogP contribution in [0.3, 0.4) is 0 Å². The Balaban J connectivity index is 2.50. The lowest BCUT2D eigenvalue weighted by atomic mass is 10.1. The van der Waals surface area contributed by atoms with E-state index in [1.165, 1.54) is 0 Å². The summed E-state index contributed by atoms with van der Waals surface area (Å²) in [5.74, 6) is -0.0849. The molecule has 0 aliphatic rings. The van der Waals surface area contributed by atoms with Gasteiger partial charge in [0.2, 0.25) is 5.91 Å². The van der Waals surface area contributed by atoms with Crippen molar-refractivity contribution in [3.8, 4) is 0 Å². The van der Waals surface area contributed by atoms with E-state index in [0.717, 1.165) is 24.1 Å². The van der Waals surface area contributed by atoms with E-state index in [4.69, 9.17) is 10.2 Å². The van der Waals surface area contributed by atoms with Crippen LogP contribution in [-0.2, 0) is 11.2 Å². The van der Waals surface area contributed by atoms with Crippen LogP contribution >= 0.6 is 0 Å². The second-order valence-electron chi connectivity index (χ2n) is 3.90. The Morgan fingerprint density at radius 3 is 2.65 bits per heavy atom. The second-order valence-corrected chi connectivity index (χ2v) is 3.90. The van der Waals surface area contributed by atoms with E-state index >= 15 is 0 Å². The van der Waals surface area contributed by atoms with E-state index in [2.05, 4.69) is 5.32 Å². The maximum atomic E-state index is 11.4. The highest BCUT2D eigenvalue weighted by Crippen LogP contribution is 2.12. The van der Waals surface area contributed by atoms with Crippen LogP contribution in [-0.4, -0.2) is 29.3 Å². The van der Waals surface area contributed by atoms with Gasteiger partial charge in [0.05, 0.1) is 0 Å². The van der Waals surface area contributed by atoms with Gasteiger partial charge in [-0.05, 0) is 37.0 Å². The molecule has 0 saturated carbocycles. The minimum absolute atomic E-state index is 0.0317. The first kappa shape index (κ1) is 13.7. The van der Waals surface area contributed by atoms with Crippen LogP contribution in [0.1, 0.15) is 24.8 Å². The molecule has 0 fully saturated rings. The van der Waals surface area contributed by atoms with Crippen LogP contribution in [0.2, 0.25) is 0 Å². The summed E-state index contributed by atoms with van der Waals surface area (Å²) < 4.78 is 0. The number of anilines is 1. The minimum Gasteiger partial charge on any atom is -0.396 e. The number of aryl methyl sites for hydroxylation is 1. The Bertz CT molecular complexity index is 352. The smallest absolute Gasteiger partial charge is 0.224 e. The maximum Gasteiger partial charge on any atom is 0.224 e. The number of nitrogens with one attached hydrogen (secondary N) is 1. The molecule has 0 atom stereocenters. The Morgan fingerprint density at radius 2 is 1.94 bits per heavy atom. The maximum absolute atomic E-state index is 11.4. The standard InChI is InChI=1S/C13H19NO3/c15-8-2-5-11-4-1-6-12(10-11)14-13(17)7-3-9-16/h1,4,6,10,15-16H,2-3,5,7-9H2,(H,14,17). The highest BCUT2D eigenvalue weighted by Gasteiger charge is 2.02. The van der Waals surface area contributed by atoms with Crippen molar-refractivity contribution in [3.05, 3.63) is 29.8 Å². The normalized spacial score (nSPS) is 10.2. The molecular weight excluding hydrogens is 218 g/mol. The van der Waals surface area contributed by atoms with Crippen molar-refractivity contribution in [3.63, 3.8) is 0 Å². The van der Waals surface area contributed by atoms with Crippen LogP contribution in [0.15, 0.2) is 24.3 Å². The number of carbonyl (C=O) groups is 1. The first-order chi connectivity index (χ1) is 8.26. The molecule has 0 bridgehead atoms. The molecule has 1 rings (SSSR count). The summed E-state index contributed by atoms with van der Waals surface area (Å²) in [7, 11) is 0. The van der Waals surface area contributed by atoms with E-state index in [1.807, 2.05) is 24.3 Å². The van der Waals surface area contributed by atoms with Crippen LogP contribution in [0, 0.1) is 0 Å². The number of aliphatic hydroxyl groups is 2. The van der Waals surface area contributed by atoms with Crippen LogP contribution < -0.4 is 5.32 Å². The van der Waals surface area contributed by atoms with Gasteiger partial charge in [-0.15, -0.1) is 0 Å². The Hall–Kier alpha value is -1.39. The number of carbonyl (C=O) groups excluding carboxylic acids is 1. The SMILES string of the molecule is O=C(CCCO)Nc1cccc(CCCO)c1. The predicted octanol–water partition coefficient (Wildman–Crippen LogP) is 1.32. The van der Waals surface area contributed by atoms with Crippen molar-refractivity contribution in [2.45, 2.75) is 25.7 Å². The number of hydrogen-bond donors (Lipinski definition) is 3. The van der Waals surface area contributed by atoms with Gasteiger partial charge in [0.25, 0.3) is 0 Å². The Kier molecular flexibility index (Phi) is 6.29. The largest absolute Gasteiger partial charge is 0.396 e. The molecule has 0 heterocycles. The first-order valence-corrected chi connectivity index (χ1v) is 5.87. The molecule has 0 aliphatic carbocycles. The van der Waals surface area contributed by atoms with Crippen molar-refractivity contribution in [2.24, 2.45) is 0 Å². The lowest BCUT2D eigenvalue weighted by molar-refractivity contribution is -0.116. The van der Waals surface area contributed by atoms with Gasteiger partial charge in [-0.2, -0.15) is 0 Å². The van der Waals surface area contributed by atoms with Crippen molar-refractivity contribution >= 4 is 11.6 Å². The molecular formula is C13H19NO3. The lowest BCUT2D eigenvalue weighted by Gasteiger charge is -2.06. The highest BCUT2D eigenvalue weighted by atomic mass is 16.3. The summed E-state index contributed by atoms with van der Waals surface area (Å²) >= 11 is 0. The van der Waals surface area contributed by atoms with Gasteiger partial charge < -0.3 is 15.5 Å². The van der Waals surface area contributed by atoms with Crippen LogP contribution in [0.4, 0.5) is 5.69 Å². The molecule has 0 radical (unpaired) electrons. The third kappa shape index (κ3) is 5.47. The fraction of sp³-hybridized carbons (Fsp3) is 0.462. The second kappa shape index (κ2) is 7.81. The molecule has 0 unspecified atom stereocenters. The number of amides is 1. The average Bonchev–Trinajstić information content (AvgIpc) is 2.34. The average molecular weight is 237 g/mol. The molecule has 0 aliphatic heterocycles. The Morgan fingerprint density at radius 1 is 1.18 bits per heavy atom. The van der Waals surface area contributed by atoms with E-state index in [9.17, 15) is 4.79 Å². The summed E-state index contributed by atoms with van der Waals surface area (Å²) in [5, 5.41) is 20.1. The number of hydrogen-bond acceptors (Lipinski definition) is 3. The molecule has 94 valence electrons. The minimum atomic E-state index is -0.0849. The van der Waals surface area contributed by atoms with Gasteiger partial charge in [0, 0.05) is 25.3 Å². The van der Waals surface area contributed by atoms with Gasteiger partial charge in [0.15, 0.2) is 0 Å². The van der Waals surface area contributed by atoms with Crippen LogP contribution in [0.25, 0.3) is 0 Å². The molecule has 0 saturated heterocycles.